The minimum atomic E-state index is 0.0411. The molecular formula is C16H16Cl2N2S. The third-order valence-electron chi connectivity index (χ3n) is 2.99. The highest BCUT2D eigenvalue weighted by Crippen LogP contribution is 2.25. The first-order valence-electron chi connectivity index (χ1n) is 6.51. The summed E-state index contributed by atoms with van der Waals surface area (Å²) >= 11 is 13.5. The van der Waals surface area contributed by atoms with Crippen LogP contribution in [0.4, 0.5) is 0 Å². The van der Waals surface area contributed by atoms with Crippen molar-refractivity contribution in [2.75, 3.05) is 0 Å². The minimum Gasteiger partial charge on any atom is -0.379 e. The Bertz CT molecular complexity index is 629. The smallest absolute Gasteiger partial charge is 0.154 e. The molecule has 0 aliphatic carbocycles. The molecule has 2 nitrogen and oxygen atoms in total. The third-order valence-corrected chi connectivity index (χ3v) is 4.44. The molecule has 2 aromatic rings. The molecule has 0 radical (unpaired) electrons. The van der Waals surface area contributed by atoms with Crippen molar-refractivity contribution in [3.05, 3.63) is 69.7 Å². The molecule has 0 aromatic heterocycles. The van der Waals surface area contributed by atoms with Gasteiger partial charge in [-0.1, -0.05) is 71.4 Å². The fourth-order valence-corrected chi connectivity index (χ4v) is 3.17. The zero-order chi connectivity index (χ0) is 15.2. The fourth-order valence-electron chi connectivity index (χ4n) is 1.82. The average Bonchev–Trinajstić information content (AvgIpc) is 2.47. The van der Waals surface area contributed by atoms with E-state index in [0.717, 1.165) is 11.1 Å². The Labute approximate surface area is 139 Å². The van der Waals surface area contributed by atoms with E-state index in [1.165, 1.54) is 11.8 Å². The molecule has 2 aromatic carbocycles. The zero-order valence-electron chi connectivity index (χ0n) is 11.6. The van der Waals surface area contributed by atoms with Gasteiger partial charge >= 0.3 is 0 Å². The van der Waals surface area contributed by atoms with Crippen LogP contribution < -0.4 is 5.73 Å². The molecule has 1 atom stereocenters. The Hall–Kier alpha value is -1.16. The molecule has 0 amide bonds. The lowest BCUT2D eigenvalue weighted by atomic mass is 10.1. The number of nitrogens with zero attached hydrogens (tertiary/aromatic N) is 1. The molecule has 0 spiro atoms. The van der Waals surface area contributed by atoms with Crippen molar-refractivity contribution in [3.8, 4) is 0 Å². The Morgan fingerprint density at radius 2 is 1.90 bits per heavy atom. The highest BCUT2D eigenvalue weighted by Gasteiger charge is 2.06. The molecule has 0 aliphatic heterocycles. The van der Waals surface area contributed by atoms with Gasteiger partial charge in [0.25, 0.3) is 0 Å². The van der Waals surface area contributed by atoms with Crippen molar-refractivity contribution in [2.45, 2.75) is 18.7 Å². The van der Waals surface area contributed by atoms with Crippen LogP contribution in [-0.4, -0.2) is 5.17 Å². The van der Waals surface area contributed by atoms with Gasteiger partial charge in [0, 0.05) is 15.8 Å². The van der Waals surface area contributed by atoms with E-state index in [1.807, 2.05) is 49.4 Å². The molecule has 0 bridgehead atoms. The van der Waals surface area contributed by atoms with E-state index in [2.05, 4.69) is 4.99 Å². The second-order valence-corrected chi connectivity index (χ2v) is 6.42. The molecule has 0 aliphatic rings. The number of nitrogens with two attached hydrogens (primary N) is 1. The number of rotatable bonds is 4. The fraction of sp³-hybridized carbons (Fsp3) is 0.188. The lowest BCUT2D eigenvalue weighted by molar-refractivity contribution is 0.822. The van der Waals surface area contributed by atoms with E-state index in [1.54, 1.807) is 6.07 Å². The number of aliphatic imine (C=N–C) groups is 1. The number of hydrogen-bond donors (Lipinski definition) is 1. The van der Waals surface area contributed by atoms with Crippen molar-refractivity contribution in [1.82, 2.24) is 0 Å². The summed E-state index contributed by atoms with van der Waals surface area (Å²) in [7, 11) is 0. The minimum absolute atomic E-state index is 0.0411. The van der Waals surface area contributed by atoms with Crippen LogP contribution in [0.1, 0.15) is 24.1 Å². The van der Waals surface area contributed by atoms with Gasteiger partial charge in [-0.15, -0.1) is 0 Å². The Morgan fingerprint density at radius 3 is 2.57 bits per heavy atom. The Morgan fingerprint density at radius 1 is 1.19 bits per heavy atom. The maximum absolute atomic E-state index is 6.14. The van der Waals surface area contributed by atoms with Crippen LogP contribution in [0, 0.1) is 0 Å². The van der Waals surface area contributed by atoms with E-state index < -0.39 is 0 Å². The van der Waals surface area contributed by atoms with Gasteiger partial charge in [-0.2, -0.15) is 0 Å². The highest BCUT2D eigenvalue weighted by molar-refractivity contribution is 8.13. The lowest BCUT2D eigenvalue weighted by Gasteiger charge is -2.09. The summed E-state index contributed by atoms with van der Waals surface area (Å²) in [5.74, 6) is 0.673. The summed E-state index contributed by atoms with van der Waals surface area (Å²) in [6.45, 7) is 2.03. The average molecular weight is 339 g/mol. The largest absolute Gasteiger partial charge is 0.379 e. The van der Waals surface area contributed by atoms with Crippen molar-refractivity contribution in [3.63, 3.8) is 0 Å². The van der Waals surface area contributed by atoms with E-state index >= 15 is 0 Å². The van der Waals surface area contributed by atoms with Crippen LogP contribution in [0.3, 0.4) is 0 Å². The maximum Gasteiger partial charge on any atom is 0.154 e. The molecular weight excluding hydrogens is 323 g/mol. The van der Waals surface area contributed by atoms with Gasteiger partial charge < -0.3 is 5.73 Å². The molecule has 0 heterocycles. The standard InChI is InChI=1S/C16H16Cl2N2S/c1-11(12-5-3-2-4-6-12)20-16(19)21-10-13-7-8-14(17)9-15(13)18/h2-9,11H,10H2,1H3,(H2,19,20)/t11-/m1/s1. The van der Waals surface area contributed by atoms with Gasteiger partial charge in [0.1, 0.15) is 0 Å². The predicted octanol–water partition coefficient (Wildman–Crippen LogP) is 5.30. The number of hydrogen-bond acceptors (Lipinski definition) is 2. The van der Waals surface area contributed by atoms with Crippen molar-refractivity contribution < 1.29 is 0 Å². The molecule has 0 saturated heterocycles. The molecule has 21 heavy (non-hydrogen) atoms. The van der Waals surface area contributed by atoms with Crippen LogP contribution in [0.5, 0.6) is 0 Å². The van der Waals surface area contributed by atoms with Crippen LogP contribution >= 0.6 is 35.0 Å². The molecule has 0 saturated carbocycles. The third kappa shape index (κ3) is 4.95. The monoisotopic (exact) mass is 338 g/mol. The van der Waals surface area contributed by atoms with Crippen molar-refractivity contribution in [2.24, 2.45) is 10.7 Å². The first kappa shape index (κ1) is 16.2. The quantitative estimate of drug-likeness (QED) is 0.606. The number of halogens is 2. The van der Waals surface area contributed by atoms with E-state index in [9.17, 15) is 0 Å². The van der Waals surface area contributed by atoms with Gasteiger partial charge in [-0.3, -0.25) is 4.99 Å². The van der Waals surface area contributed by atoms with Gasteiger partial charge in [0.15, 0.2) is 5.17 Å². The number of benzene rings is 2. The van der Waals surface area contributed by atoms with E-state index in [0.29, 0.717) is 21.0 Å². The van der Waals surface area contributed by atoms with Gasteiger partial charge in [-0.25, -0.2) is 0 Å². The number of thioether (sulfide) groups is 1. The lowest BCUT2D eigenvalue weighted by Crippen LogP contribution is -2.09. The molecule has 0 fully saturated rings. The SMILES string of the molecule is C[C@@H](N=C(N)SCc1ccc(Cl)cc1Cl)c1ccccc1. The molecule has 5 heteroatoms. The zero-order valence-corrected chi connectivity index (χ0v) is 13.9. The summed E-state index contributed by atoms with van der Waals surface area (Å²) in [5.41, 5.74) is 8.12. The van der Waals surface area contributed by atoms with Crippen LogP contribution in [0.2, 0.25) is 10.0 Å². The van der Waals surface area contributed by atoms with Crippen LogP contribution in [0.15, 0.2) is 53.5 Å². The van der Waals surface area contributed by atoms with E-state index in [4.69, 9.17) is 28.9 Å². The first-order valence-corrected chi connectivity index (χ1v) is 8.25. The topological polar surface area (TPSA) is 38.4 Å². The van der Waals surface area contributed by atoms with Crippen molar-refractivity contribution >= 4 is 40.1 Å². The second-order valence-electron chi connectivity index (χ2n) is 4.58. The number of amidine groups is 1. The van der Waals surface area contributed by atoms with Crippen molar-refractivity contribution in [1.29, 1.82) is 0 Å². The summed E-state index contributed by atoms with van der Waals surface area (Å²) in [6, 6.07) is 15.6. The summed E-state index contributed by atoms with van der Waals surface area (Å²) in [4.78, 5) is 4.50. The molecule has 110 valence electrons. The molecule has 2 N–H and O–H groups in total. The second kappa shape index (κ2) is 7.74. The Balaban J connectivity index is 1.98. The molecule has 2 rings (SSSR count). The van der Waals surface area contributed by atoms with Crippen LogP contribution in [0.25, 0.3) is 0 Å². The normalized spacial score (nSPS) is 13.2. The summed E-state index contributed by atoms with van der Waals surface area (Å²) < 4.78 is 0. The predicted molar refractivity (Wildman–Crippen MR) is 94.2 cm³/mol. The highest BCUT2D eigenvalue weighted by atomic mass is 35.5. The van der Waals surface area contributed by atoms with Gasteiger partial charge in [0.05, 0.1) is 6.04 Å². The van der Waals surface area contributed by atoms with E-state index in [-0.39, 0.29) is 6.04 Å². The maximum atomic E-state index is 6.14. The Kier molecular flexibility index (Phi) is 5.97. The van der Waals surface area contributed by atoms with Gasteiger partial charge in [-0.05, 0) is 30.2 Å². The molecule has 0 unspecified atom stereocenters. The van der Waals surface area contributed by atoms with Gasteiger partial charge in [0.2, 0.25) is 0 Å². The summed E-state index contributed by atoms with van der Waals surface area (Å²) in [6.07, 6.45) is 0. The summed E-state index contributed by atoms with van der Waals surface area (Å²) in [5, 5.41) is 1.84. The first-order chi connectivity index (χ1) is 10.1. The van der Waals surface area contributed by atoms with Crippen LogP contribution in [-0.2, 0) is 5.75 Å².